The fraction of sp³-hybridized carbons (Fsp3) is 0.692. The van der Waals surface area contributed by atoms with Crippen LogP contribution in [0.3, 0.4) is 0 Å². The minimum atomic E-state index is -5.21. The molecule has 1 aliphatic carbocycles. The summed E-state index contributed by atoms with van der Waals surface area (Å²) >= 11 is 0. The van der Waals surface area contributed by atoms with Gasteiger partial charge >= 0.3 is 18.1 Å². The molecule has 1 N–H and O–H groups in total. The van der Waals surface area contributed by atoms with Gasteiger partial charge in [-0.25, -0.2) is 0 Å². The van der Waals surface area contributed by atoms with Gasteiger partial charge in [-0.15, -0.1) is 0 Å². The van der Waals surface area contributed by atoms with Gasteiger partial charge in [0.05, 0.1) is 41.9 Å². The standard InChI is InChI=1S/C26H36F3NO6/c1-23(2,3)35-18-17(15-34-14-16-10-8-7-9-11-16)30(21(31)26(27,28)29)20(19(18)36-24(4,5)6)25(12-13-25)22(32)33/h7-11,17-20H,12-15H2,1-6H3,(H,32,33)/t17-,18-,19+,20+/m1/s1. The predicted octanol–water partition coefficient (Wildman–Crippen LogP) is 4.58. The molecular weight excluding hydrogens is 479 g/mol. The van der Waals surface area contributed by atoms with Gasteiger partial charge in [0.1, 0.15) is 12.2 Å². The van der Waals surface area contributed by atoms with Crippen LogP contribution < -0.4 is 0 Å². The second-order valence-electron chi connectivity index (χ2n) is 11.6. The molecule has 4 atom stereocenters. The molecule has 0 unspecified atom stereocenters. The number of hydrogen-bond acceptors (Lipinski definition) is 5. The first-order valence-electron chi connectivity index (χ1n) is 12.1. The molecule has 1 aromatic rings. The van der Waals surface area contributed by atoms with Gasteiger partial charge < -0.3 is 24.2 Å². The van der Waals surface area contributed by atoms with E-state index in [4.69, 9.17) is 14.2 Å². The van der Waals surface area contributed by atoms with E-state index in [0.717, 1.165) is 5.56 Å². The number of carbonyl (C=O) groups excluding carboxylic acids is 1. The quantitative estimate of drug-likeness (QED) is 0.546. The summed E-state index contributed by atoms with van der Waals surface area (Å²) in [6.07, 6.45) is -7.10. The van der Waals surface area contributed by atoms with Gasteiger partial charge in [0, 0.05) is 0 Å². The highest BCUT2D eigenvalue weighted by atomic mass is 19.4. The molecular formula is C26H36F3NO6. The molecule has 1 aliphatic heterocycles. The molecule has 0 spiro atoms. The Morgan fingerprint density at radius 1 is 0.972 bits per heavy atom. The summed E-state index contributed by atoms with van der Waals surface area (Å²) in [6, 6.07) is 6.50. The molecule has 1 aromatic carbocycles. The van der Waals surface area contributed by atoms with Crippen LogP contribution in [0.15, 0.2) is 30.3 Å². The first-order chi connectivity index (χ1) is 16.5. The van der Waals surface area contributed by atoms with Crippen molar-refractivity contribution < 1.29 is 42.1 Å². The highest BCUT2D eigenvalue weighted by Crippen LogP contribution is 2.56. The van der Waals surface area contributed by atoms with Crippen molar-refractivity contribution in [2.75, 3.05) is 6.61 Å². The Kier molecular flexibility index (Phi) is 7.85. The number of benzene rings is 1. The summed E-state index contributed by atoms with van der Waals surface area (Å²) in [7, 11) is 0. The zero-order chi connectivity index (χ0) is 27.1. The average molecular weight is 516 g/mol. The number of alkyl halides is 3. The summed E-state index contributed by atoms with van der Waals surface area (Å²) in [6.45, 7) is 10.2. The molecule has 36 heavy (non-hydrogen) atoms. The molecule has 2 fully saturated rings. The summed E-state index contributed by atoms with van der Waals surface area (Å²) in [5.41, 5.74) is -2.40. The maximum Gasteiger partial charge on any atom is 0.471 e. The zero-order valence-electron chi connectivity index (χ0n) is 21.6. The Balaban J connectivity index is 2.08. The van der Waals surface area contributed by atoms with Gasteiger partial charge in [-0.3, -0.25) is 9.59 Å². The fourth-order valence-corrected chi connectivity index (χ4v) is 4.84. The van der Waals surface area contributed by atoms with Crippen LogP contribution in [0, 0.1) is 5.41 Å². The van der Waals surface area contributed by atoms with E-state index in [1.54, 1.807) is 41.5 Å². The number of aliphatic carboxylic acids is 1. The number of amides is 1. The van der Waals surface area contributed by atoms with E-state index in [0.29, 0.717) is 4.90 Å². The second kappa shape index (κ2) is 9.95. The third-order valence-electron chi connectivity index (χ3n) is 6.31. The van der Waals surface area contributed by atoms with Gasteiger partial charge in [0.15, 0.2) is 0 Å². The van der Waals surface area contributed by atoms with E-state index < -0.39 is 59.0 Å². The lowest BCUT2D eigenvalue weighted by Crippen LogP contribution is -2.56. The topological polar surface area (TPSA) is 85.3 Å². The van der Waals surface area contributed by atoms with Crippen LogP contribution in [0.25, 0.3) is 0 Å². The van der Waals surface area contributed by atoms with Crippen LogP contribution >= 0.6 is 0 Å². The highest BCUT2D eigenvalue weighted by molar-refractivity contribution is 5.86. The highest BCUT2D eigenvalue weighted by Gasteiger charge is 2.70. The van der Waals surface area contributed by atoms with E-state index in [2.05, 4.69) is 0 Å². The molecule has 1 amide bonds. The number of carboxylic acid groups (broad SMARTS) is 1. The smallest absolute Gasteiger partial charge is 0.471 e. The van der Waals surface area contributed by atoms with Crippen molar-refractivity contribution in [1.29, 1.82) is 0 Å². The van der Waals surface area contributed by atoms with Crippen LogP contribution in [0.1, 0.15) is 59.9 Å². The molecule has 0 aromatic heterocycles. The molecule has 7 nitrogen and oxygen atoms in total. The van der Waals surface area contributed by atoms with Crippen molar-refractivity contribution in [3.8, 4) is 0 Å². The number of likely N-dealkylation sites (tertiary alicyclic amines) is 1. The first kappa shape index (κ1) is 28.4. The number of carbonyl (C=O) groups is 2. The Labute approximate surface area is 209 Å². The third-order valence-corrected chi connectivity index (χ3v) is 6.31. The minimum Gasteiger partial charge on any atom is -0.481 e. The van der Waals surface area contributed by atoms with Gasteiger partial charge in [0.25, 0.3) is 0 Å². The monoisotopic (exact) mass is 515 g/mol. The Morgan fingerprint density at radius 3 is 1.94 bits per heavy atom. The number of rotatable bonds is 8. The van der Waals surface area contributed by atoms with Gasteiger partial charge in [0.2, 0.25) is 0 Å². The Hall–Kier alpha value is -2.17. The van der Waals surface area contributed by atoms with Crippen LogP contribution in [0.2, 0.25) is 0 Å². The van der Waals surface area contributed by atoms with Crippen LogP contribution in [0.4, 0.5) is 13.2 Å². The van der Waals surface area contributed by atoms with Crippen LogP contribution in [-0.2, 0) is 30.4 Å². The Morgan fingerprint density at radius 2 is 1.50 bits per heavy atom. The van der Waals surface area contributed by atoms with Crippen molar-refractivity contribution >= 4 is 11.9 Å². The largest absolute Gasteiger partial charge is 0.481 e. The van der Waals surface area contributed by atoms with E-state index in [1.165, 1.54) is 0 Å². The molecule has 1 saturated heterocycles. The molecule has 0 radical (unpaired) electrons. The lowest BCUT2D eigenvalue weighted by atomic mass is 9.90. The van der Waals surface area contributed by atoms with E-state index >= 15 is 0 Å². The fourth-order valence-electron chi connectivity index (χ4n) is 4.84. The molecule has 202 valence electrons. The van der Waals surface area contributed by atoms with E-state index in [-0.39, 0.29) is 26.1 Å². The zero-order valence-corrected chi connectivity index (χ0v) is 21.6. The minimum absolute atomic E-state index is 0.104. The van der Waals surface area contributed by atoms with Crippen LogP contribution in [-0.4, -0.2) is 70.2 Å². The Bertz CT molecular complexity index is 934. The molecule has 3 rings (SSSR count). The summed E-state index contributed by atoms with van der Waals surface area (Å²) < 4.78 is 60.0. The summed E-state index contributed by atoms with van der Waals surface area (Å²) in [5, 5.41) is 10.1. The maximum absolute atomic E-state index is 13.9. The normalized spacial score (nSPS) is 26.2. The van der Waals surface area contributed by atoms with E-state index in [1.807, 2.05) is 30.3 Å². The number of ether oxygens (including phenoxy) is 3. The second-order valence-corrected chi connectivity index (χ2v) is 11.6. The summed E-state index contributed by atoms with van der Waals surface area (Å²) in [5.74, 6) is -3.37. The number of hydrogen-bond donors (Lipinski definition) is 1. The number of halogens is 3. The number of nitrogens with zero attached hydrogens (tertiary/aromatic N) is 1. The molecule has 2 aliphatic rings. The van der Waals surface area contributed by atoms with Crippen molar-refractivity contribution in [2.24, 2.45) is 5.41 Å². The molecule has 1 saturated carbocycles. The summed E-state index contributed by atoms with van der Waals surface area (Å²) in [4.78, 5) is 25.9. The van der Waals surface area contributed by atoms with Crippen LogP contribution in [0.5, 0.6) is 0 Å². The van der Waals surface area contributed by atoms with Crippen molar-refractivity contribution in [1.82, 2.24) is 4.90 Å². The maximum atomic E-state index is 13.9. The average Bonchev–Trinajstić information content (AvgIpc) is 3.48. The SMILES string of the molecule is CC(C)(C)O[C@H]1[C@H](OC(C)(C)C)[C@@H](C2(C(=O)O)CC2)N(C(=O)C(F)(F)F)[C@@H]1COCc1ccccc1. The third kappa shape index (κ3) is 6.39. The van der Waals surface area contributed by atoms with Crippen molar-refractivity contribution in [2.45, 2.75) is 103 Å². The van der Waals surface area contributed by atoms with E-state index in [9.17, 15) is 27.9 Å². The molecule has 1 heterocycles. The lowest BCUT2D eigenvalue weighted by molar-refractivity contribution is -0.194. The van der Waals surface area contributed by atoms with Crippen molar-refractivity contribution in [3.05, 3.63) is 35.9 Å². The predicted molar refractivity (Wildman–Crippen MR) is 125 cm³/mol. The number of carboxylic acids is 1. The van der Waals surface area contributed by atoms with Gasteiger partial charge in [-0.2, -0.15) is 13.2 Å². The molecule has 10 heteroatoms. The lowest BCUT2D eigenvalue weighted by Gasteiger charge is -2.37. The van der Waals surface area contributed by atoms with Crippen molar-refractivity contribution in [3.63, 3.8) is 0 Å². The van der Waals surface area contributed by atoms with Gasteiger partial charge in [-0.1, -0.05) is 30.3 Å². The first-order valence-corrected chi connectivity index (χ1v) is 12.1. The van der Waals surface area contributed by atoms with Gasteiger partial charge in [-0.05, 0) is 59.9 Å². The molecule has 0 bridgehead atoms.